The van der Waals surface area contributed by atoms with Crippen molar-refractivity contribution in [1.82, 2.24) is 0 Å². The number of carbonyl (C=O) groups excluding carboxylic acids is 1. The summed E-state index contributed by atoms with van der Waals surface area (Å²) in [5, 5.41) is -0.278. The quantitative estimate of drug-likeness (QED) is 0.452. The van der Waals surface area contributed by atoms with Gasteiger partial charge in [0, 0.05) is 11.3 Å². The molecule has 0 amide bonds. The third kappa shape index (κ3) is 0.907. The SMILES string of the molecule is C=CC1(C=C)CC1C(=O)Cl. The molecule has 1 saturated carbocycles. The van der Waals surface area contributed by atoms with Crippen molar-refractivity contribution in [3.63, 3.8) is 0 Å². The highest BCUT2D eigenvalue weighted by molar-refractivity contribution is 6.64. The number of allylic oxidation sites excluding steroid dienone is 2. The van der Waals surface area contributed by atoms with Gasteiger partial charge >= 0.3 is 0 Å². The molecule has 1 nitrogen and oxygen atoms in total. The zero-order valence-corrected chi connectivity index (χ0v) is 6.40. The third-order valence-corrected chi connectivity index (χ3v) is 2.34. The Morgan fingerprint density at radius 2 is 2.10 bits per heavy atom. The maximum Gasteiger partial charge on any atom is 0.225 e. The predicted octanol–water partition coefficient (Wildman–Crippen LogP) is 2.13. The van der Waals surface area contributed by atoms with Crippen LogP contribution in [0.5, 0.6) is 0 Å². The lowest BCUT2D eigenvalue weighted by Gasteiger charge is -1.99. The number of hydrogen-bond acceptors (Lipinski definition) is 1. The smallest absolute Gasteiger partial charge is 0.225 e. The Balaban J connectivity index is 2.70. The molecule has 0 N–H and O–H groups in total. The van der Waals surface area contributed by atoms with Gasteiger partial charge in [-0.1, -0.05) is 12.2 Å². The number of hydrogen-bond donors (Lipinski definition) is 0. The highest BCUT2D eigenvalue weighted by Gasteiger charge is 2.53. The Labute approximate surface area is 65.4 Å². The summed E-state index contributed by atoms with van der Waals surface area (Å²) >= 11 is 5.28. The van der Waals surface area contributed by atoms with Gasteiger partial charge in [0.05, 0.1) is 0 Å². The van der Waals surface area contributed by atoms with Gasteiger partial charge in [0.25, 0.3) is 0 Å². The van der Waals surface area contributed by atoms with Crippen molar-refractivity contribution in [3.8, 4) is 0 Å². The first kappa shape index (κ1) is 7.55. The minimum atomic E-state index is -0.278. The van der Waals surface area contributed by atoms with E-state index in [0.717, 1.165) is 6.42 Å². The molecule has 2 heteroatoms. The molecule has 54 valence electrons. The molecule has 1 aliphatic carbocycles. The van der Waals surface area contributed by atoms with E-state index in [4.69, 9.17) is 11.6 Å². The molecular weight excluding hydrogens is 148 g/mol. The van der Waals surface area contributed by atoms with Crippen LogP contribution in [0.4, 0.5) is 0 Å². The molecule has 0 heterocycles. The van der Waals surface area contributed by atoms with E-state index in [-0.39, 0.29) is 16.6 Å². The van der Waals surface area contributed by atoms with E-state index in [1.54, 1.807) is 12.2 Å². The second-order valence-electron chi connectivity index (χ2n) is 2.58. The second kappa shape index (κ2) is 2.24. The molecule has 1 unspecified atom stereocenters. The Bertz CT molecular complexity index is 187. The lowest BCUT2D eigenvalue weighted by atomic mass is 10.1. The molecule has 0 radical (unpaired) electrons. The van der Waals surface area contributed by atoms with Gasteiger partial charge in [-0.15, -0.1) is 13.2 Å². The molecule has 0 aromatic heterocycles. The Kier molecular flexibility index (Phi) is 1.69. The number of carbonyl (C=O) groups is 1. The summed E-state index contributed by atoms with van der Waals surface area (Å²) in [6.07, 6.45) is 4.26. The molecule has 10 heavy (non-hydrogen) atoms. The normalized spacial score (nSPS) is 27.1. The topological polar surface area (TPSA) is 17.1 Å². The molecule has 1 fully saturated rings. The van der Waals surface area contributed by atoms with Crippen LogP contribution in [-0.2, 0) is 4.79 Å². The summed E-state index contributed by atoms with van der Waals surface area (Å²) in [6, 6.07) is 0. The zero-order chi connectivity index (χ0) is 7.78. The van der Waals surface area contributed by atoms with Gasteiger partial charge in [-0.3, -0.25) is 4.79 Å². The maximum atomic E-state index is 10.6. The van der Waals surface area contributed by atoms with Crippen LogP contribution in [0.2, 0.25) is 0 Å². The van der Waals surface area contributed by atoms with Gasteiger partial charge < -0.3 is 0 Å². The van der Waals surface area contributed by atoms with E-state index in [1.165, 1.54) is 0 Å². The summed E-state index contributed by atoms with van der Waals surface area (Å²) in [7, 11) is 0. The molecule has 0 aliphatic heterocycles. The fourth-order valence-corrected chi connectivity index (χ4v) is 1.40. The van der Waals surface area contributed by atoms with Crippen LogP contribution in [-0.4, -0.2) is 5.24 Å². The molecular formula is C8H9ClO. The van der Waals surface area contributed by atoms with Crippen molar-refractivity contribution in [3.05, 3.63) is 25.3 Å². The molecule has 1 atom stereocenters. The highest BCUT2D eigenvalue weighted by Crippen LogP contribution is 2.55. The van der Waals surface area contributed by atoms with Crippen LogP contribution < -0.4 is 0 Å². The number of rotatable bonds is 3. The minimum Gasteiger partial charge on any atom is -0.281 e. The molecule has 0 aromatic carbocycles. The Hall–Kier alpha value is -0.560. The second-order valence-corrected chi connectivity index (χ2v) is 2.95. The highest BCUT2D eigenvalue weighted by atomic mass is 35.5. The Morgan fingerprint density at radius 1 is 1.60 bits per heavy atom. The van der Waals surface area contributed by atoms with E-state index in [1.807, 2.05) is 0 Å². The molecule has 0 spiro atoms. The fourth-order valence-electron chi connectivity index (χ4n) is 1.12. The van der Waals surface area contributed by atoms with Gasteiger partial charge in [0.2, 0.25) is 5.24 Å². The van der Waals surface area contributed by atoms with E-state index in [9.17, 15) is 4.79 Å². The van der Waals surface area contributed by atoms with Gasteiger partial charge in [-0.05, 0) is 18.0 Å². The number of halogens is 1. The Morgan fingerprint density at radius 3 is 2.20 bits per heavy atom. The summed E-state index contributed by atoms with van der Waals surface area (Å²) < 4.78 is 0. The van der Waals surface area contributed by atoms with Crippen molar-refractivity contribution in [1.29, 1.82) is 0 Å². The lowest BCUT2D eigenvalue weighted by molar-refractivity contribution is -0.113. The summed E-state index contributed by atoms with van der Waals surface area (Å²) in [6.45, 7) is 7.23. The van der Waals surface area contributed by atoms with Crippen LogP contribution in [0.1, 0.15) is 6.42 Å². The first-order chi connectivity index (χ1) is 4.66. The monoisotopic (exact) mass is 156 g/mol. The van der Waals surface area contributed by atoms with Gasteiger partial charge in [0.1, 0.15) is 0 Å². The molecule has 0 aromatic rings. The van der Waals surface area contributed by atoms with Crippen LogP contribution in [0.15, 0.2) is 25.3 Å². The van der Waals surface area contributed by atoms with E-state index >= 15 is 0 Å². The average Bonchev–Trinajstić information content (AvgIpc) is 2.63. The van der Waals surface area contributed by atoms with Gasteiger partial charge in [0.15, 0.2) is 0 Å². The van der Waals surface area contributed by atoms with Crippen LogP contribution in [0, 0.1) is 11.3 Å². The van der Waals surface area contributed by atoms with Gasteiger partial charge in [-0.25, -0.2) is 0 Å². The van der Waals surface area contributed by atoms with Crippen LogP contribution >= 0.6 is 11.6 Å². The zero-order valence-electron chi connectivity index (χ0n) is 5.64. The van der Waals surface area contributed by atoms with Crippen molar-refractivity contribution in [2.75, 3.05) is 0 Å². The van der Waals surface area contributed by atoms with E-state index in [2.05, 4.69) is 13.2 Å². The van der Waals surface area contributed by atoms with Crippen molar-refractivity contribution in [2.45, 2.75) is 6.42 Å². The maximum absolute atomic E-state index is 10.6. The molecule has 1 rings (SSSR count). The van der Waals surface area contributed by atoms with Crippen LogP contribution in [0.3, 0.4) is 0 Å². The lowest BCUT2D eigenvalue weighted by Crippen LogP contribution is -1.99. The summed E-state index contributed by atoms with van der Waals surface area (Å²) in [5.74, 6) is -0.0656. The molecule has 1 aliphatic rings. The largest absolute Gasteiger partial charge is 0.281 e. The fraction of sp³-hybridized carbons (Fsp3) is 0.375. The molecule has 0 saturated heterocycles. The first-order valence-electron chi connectivity index (χ1n) is 3.13. The average molecular weight is 157 g/mol. The summed E-state index contributed by atoms with van der Waals surface area (Å²) in [5.41, 5.74) is -0.182. The van der Waals surface area contributed by atoms with Crippen LogP contribution in [0.25, 0.3) is 0 Å². The van der Waals surface area contributed by atoms with E-state index < -0.39 is 0 Å². The summed E-state index contributed by atoms with van der Waals surface area (Å²) in [4.78, 5) is 10.6. The van der Waals surface area contributed by atoms with Crippen molar-refractivity contribution < 1.29 is 4.79 Å². The van der Waals surface area contributed by atoms with Crippen molar-refractivity contribution in [2.24, 2.45) is 11.3 Å². The molecule has 0 bridgehead atoms. The standard InChI is InChI=1S/C8H9ClO/c1-3-8(4-2)5-6(8)7(9)10/h3-4,6H,1-2,5H2. The predicted molar refractivity (Wildman–Crippen MR) is 41.8 cm³/mol. The van der Waals surface area contributed by atoms with E-state index in [0.29, 0.717) is 0 Å². The minimum absolute atomic E-state index is 0.0656. The van der Waals surface area contributed by atoms with Gasteiger partial charge in [-0.2, -0.15) is 0 Å². The van der Waals surface area contributed by atoms with Crippen molar-refractivity contribution >= 4 is 16.8 Å². The first-order valence-corrected chi connectivity index (χ1v) is 3.50. The third-order valence-electron chi connectivity index (χ3n) is 2.08.